The van der Waals surface area contributed by atoms with Crippen molar-refractivity contribution in [1.82, 2.24) is 4.98 Å². The number of hydrogen-bond donors (Lipinski definition) is 1. The Bertz CT molecular complexity index is 689. The Labute approximate surface area is 137 Å². The molecule has 1 aliphatic rings. The molecule has 0 unspecified atom stereocenters. The fourth-order valence-corrected chi connectivity index (χ4v) is 4.42. The van der Waals surface area contributed by atoms with E-state index in [0.29, 0.717) is 28.3 Å². The predicted octanol–water partition coefficient (Wildman–Crippen LogP) is 4.25. The van der Waals surface area contributed by atoms with Crippen LogP contribution in [-0.4, -0.2) is 16.7 Å². The van der Waals surface area contributed by atoms with Gasteiger partial charge in [-0.2, -0.15) is 0 Å². The van der Waals surface area contributed by atoms with Gasteiger partial charge in [0, 0.05) is 6.42 Å². The van der Waals surface area contributed by atoms with Crippen molar-refractivity contribution in [1.29, 1.82) is 0 Å². The molecule has 6 heteroatoms. The van der Waals surface area contributed by atoms with Crippen molar-refractivity contribution in [3.8, 4) is 0 Å². The van der Waals surface area contributed by atoms with Crippen LogP contribution in [0.1, 0.15) is 51.7 Å². The first kappa shape index (κ1) is 15.4. The molecule has 0 radical (unpaired) electrons. The highest BCUT2D eigenvalue weighted by molar-refractivity contribution is 7.18. The third-order valence-electron chi connectivity index (χ3n) is 3.68. The number of rotatable bonds is 4. The molecule has 2 aromatic rings. The summed E-state index contributed by atoms with van der Waals surface area (Å²) in [5, 5.41) is 5.20. The number of ketones is 1. The van der Waals surface area contributed by atoms with Gasteiger partial charge in [0.25, 0.3) is 5.91 Å². The Morgan fingerprint density at radius 2 is 2.27 bits per heavy atom. The topological polar surface area (TPSA) is 59.1 Å². The first-order valence-corrected chi connectivity index (χ1v) is 9.10. The summed E-state index contributed by atoms with van der Waals surface area (Å²) in [6, 6.07) is 3.61. The monoisotopic (exact) mass is 334 g/mol. The normalized spacial score (nSPS) is 17.6. The summed E-state index contributed by atoms with van der Waals surface area (Å²) in [5.41, 5.74) is 0.855. The lowest BCUT2D eigenvalue weighted by Gasteiger charge is -2.21. The van der Waals surface area contributed by atoms with E-state index in [4.69, 9.17) is 0 Å². The van der Waals surface area contributed by atoms with E-state index in [0.717, 1.165) is 23.4 Å². The average Bonchev–Trinajstić information content (AvgIpc) is 3.06. The summed E-state index contributed by atoms with van der Waals surface area (Å²) in [7, 11) is 0. The molecule has 1 aliphatic carbocycles. The number of anilines is 1. The molecule has 116 valence electrons. The first-order valence-electron chi connectivity index (χ1n) is 7.40. The third-order valence-corrected chi connectivity index (χ3v) is 5.60. The lowest BCUT2D eigenvalue weighted by Crippen LogP contribution is -2.20. The van der Waals surface area contributed by atoms with Gasteiger partial charge >= 0.3 is 0 Å². The highest BCUT2D eigenvalue weighted by Crippen LogP contribution is 2.34. The number of carbonyl (C=O) groups excluding carboxylic acids is 2. The molecule has 4 nitrogen and oxygen atoms in total. The Kier molecular flexibility index (Phi) is 4.40. The summed E-state index contributed by atoms with van der Waals surface area (Å²) in [5.74, 6) is 0.965. The van der Waals surface area contributed by atoms with E-state index >= 15 is 0 Å². The minimum atomic E-state index is -0.160. The number of Topliss-reactive ketones (excluding diaryl/α,β-unsaturated/α-hetero) is 1. The molecule has 22 heavy (non-hydrogen) atoms. The zero-order valence-electron chi connectivity index (χ0n) is 12.6. The van der Waals surface area contributed by atoms with E-state index < -0.39 is 0 Å². The van der Waals surface area contributed by atoms with Gasteiger partial charge in [0.15, 0.2) is 10.9 Å². The molecule has 0 spiro atoms. The van der Waals surface area contributed by atoms with E-state index in [-0.39, 0.29) is 11.7 Å². The van der Waals surface area contributed by atoms with Gasteiger partial charge in [-0.1, -0.05) is 31.3 Å². The average molecular weight is 334 g/mol. The zero-order valence-corrected chi connectivity index (χ0v) is 14.2. The zero-order chi connectivity index (χ0) is 15.7. The van der Waals surface area contributed by atoms with E-state index in [1.165, 1.54) is 22.7 Å². The molecule has 0 aromatic carbocycles. The summed E-state index contributed by atoms with van der Waals surface area (Å²) < 4.78 is 0. The Morgan fingerprint density at radius 1 is 1.45 bits per heavy atom. The molecule has 0 saturated carbocycles. The molecular weight excluding hydrogens is 316 g/mol. The number of amides is 1. The van der Waals surface area contributed by atoms with Crippen molar-refractivity contribution in [2.75, 3.05) is 5.32 Å². The SMILES string of the molecule is CC(C)C[C@H]1CC(=O)c2sc(NC(=O)c3cccs3)nc2C1. The molecular formula is C16H18N2O2S2. The highest BCUT2D eigenvalue weighted by Gasteiger charge is 2.29. The maximum Gasteiger partial charge on any atom is 0.267 e. The molecule has 0 fully saturated rings. The second-order valence-corrected chi connectivity index (χ2v) is 8.00. The number of hydrogen-bond acceptors (Lipinski definition) is 5. The minimum Gasteiger partial charge on any atom is -0.297 e. The molecule has 1 atom stereocenters. The van der Waals surface area contributed by atoms with Gasteiger partial charge in [0.05, 0.1) is 15.4 Å². The standard InChI is InChI=1S/C16H18N2O2S2/c1-9(2)6-10-7-11-14(12(19)8-10)22-16(17-11)18-15(20)13-4-3-5-21-13/h3-5,9-10H,6-8H2,1-2H3,(H,17,18,20)/t10-/m1/s1. The van der Waals surface area contributed by atoms with Crippen molar-refractivity contribution in [3.05, 3.63) is 33.0 Å². The van der Waals surface area contributed by atoms with Gasteiger partial charge in [0.1, 0.15) is 0 Å². The molecule has 2 aromatic heterocycles. The smallest absolute Gasteiger partial charge is 0.267 e. The maximum absolute atomic E-state index is 12.3. The first-order chi connectivity index (χ1) is 10.5. The number of nitrogens with zero attached hydrogens (tertiary/aromatic N) is 1. The lowest BCUT2D eigenvalue weighted by atomic mass is 9.84. The molecule has 0 saturated heterocycles. The Hall–Kier alpha value is -1.53. The lowest BCUT2D eigenvalue weighted by molar-refractivity contribution is 0.0945. The van der Waals surface area contributed by atoms with Gasteiger partial charge in [-0.15, -0.1) is 11.3 Å². The maximum atomic E-state index is 12.3. The van der Waals surface area contributed by atoms with Crippen molar-refractivity contribution < 1.29 is 9.59 Å². The van der Waals surface area contributed by atoms with Crippen LogP contribution in [0.15, 0.2) is 17.5 Å². The molecule has 0 bridgehead atoms. The largest absolute Gasteiger partial charge is 0.297 e. The number of nitrogens with one attached hydrogen (secondary N) is 1. The predicted molar refractivity (Wildman–Crippen MR) is 90.0 cm³/mol. The van der Waals surface area contributed by atoms with Crippen molar-refractivity contribution in [2.45, 2.75) is 33.1 Å². The van der Waals surface area contributed by atoms with Crippen LogP contribution in [0.2, 0.25) is 0 Å². The summed E-state index contributed by atoms with van der Waals surface area (Å²) >= 11 is 2.69. The van der Waals surface area contributed by atoms with Gasteiger partial charge in [-0.3, -0.25) is 14.9 Å². The Morgan fingerprint density at radius 3 is 2.95 bits per heavy atom. The van der Waals surface area contributed by atoms with Crippen LogP contribution in [0.4, 0.5) is 5.13 Å². The summed E-state index contributed by atoms with van der Waals surface area (Å²) in [6.07, 6.45) is 2.48. The van der Waals surface area contributed by atoms with Crippen molar-refractivity contribution in [2.24, 2.45) is 11.8 Å². The second kappa shape index (κ2) is 6.30. The molecule has 1 N–H and O–H groups in total. The fourth-order valence-electron chi connectivity index (χ4n) is 2.86. The van der Waals surface area contributed by atoms with Gasteiger partial charge in [-0.05, 0) is 36.1 Å². The number of fused-ring (bicyclic) bond motifs is 1. The van der Waals surface area contributed by atoms with E-state index in [2.05, 4.69) is 24.1 Å². The molecule has 0 aliphatic heterocycles. The van der Waals surface area contributed by atoms with Crippen molar-refractivity contribution in [3.63, 3.8) is 0 Å². The van der Waals surface area contributed by atoms with Crippen molar-refractivity contribution >= 4 is 39.5 Å². The van der Waals surface area contributed by atoms with E-state index in [1.807, 2.05) is 11.4 Å². The van der Waals surface area contributed by atoms with Crippen LogP contribution in [0.25, 0.3) is 0 Å². The van der Waals surface area contributed by atoms with Gasteiger partial charge < -0.3 is 0 Å². The highest BCUT2D eigenvalue weighted by atomic mass is 32.1. The van der Waals surface area contributed by atoms with Crippen LogP contribution < -0.4 is 5.32 Å². The van der Waals surface area contributed by atoms with Crippen LogP contribution in [-0.2, 0) is 6.42 Å². The second-order valence-electron chi connectivity index (χ2n) is 6.05. The summed E-state index contributed by atoms with van der Waals surface area (Å²) in [4.78, 5) is 30.2. The number of thiazole rings is 1. The van der Waals surface area contributed by atoms with Crippen LogP contribution in [0.3, 0.4) is 0 Å². The summed E-state index contributed by atoms with van der Waals surface area (Å²) in [6.45, 7) is 4.35. The number of carbonyl (C=O) groups is 2. The molecule has 1 amide bonds. The van der Waals surface area contributed by atoms with Crippen LogP contribution >= 0.6 is 22.7 Å². The molecule has 2 heterocycles. The quantitative estimate of drug-likeness (QED) is 0.909. The van der Waals surface area contributed by atoms with Crippen LogP contribution in [0.5, 0.6) is 0 Å². The number of aromatic nitrogens is 1. The van der Waals surface area contributed by atoms with Gasteiger partial charge in [-0.25, -0.2) is 4.98 Å². The molecule has 3 rings (SSSR count). The third kappa shape index (κ3) is 3.28. The van der Waals surface area contributed by atoms with E-state index in [1.54, 1.807) is 6.07 Å². The fraction of sp³-hybridized carbons (Fsp3) is 0.438. The Balaban J connectivity index is 1.75. The van der Waals surface area contributed by atoms with Crippen LogP contribution in [0, 0.1) is 11.8 Å². The van der Waals surface area contributed by atoms with E-state index in [9.17, 15) is 9.59 Å². The number of thiophene rings is 1. The minimum absolute atomic E-state index is 0.160. The van der Waals surface area contributed by atoms with Gasteiger partial charge in [0.2, 0.25) is 0 Å².